The Hall–Kier alpha value is -0.570. The molecule has 3 heteroatoms. The van der Waals surface area contributed by atoms with Crippen LogP contribution in [0.5, 0.6) is 0 Å². The summed E-state index contributed by atoms with van der Waals surface area (Å²) in [6, 6.07) is 0. The maximum absolute atomic E-state index is 13.0. The zero-order chi connectivity index (χ0) is 17.6. The SMILES string of the molecule is CCCC(C(=O)OC12CC3C4CC5(O)CC3C(C1)C(C5)C4C2)C(C)C. The van der Waals surface area contributed by atoms with Gasteiger partial charge in [-0.1, -0.05) is 27.2 Å². The van der Waals surface area contributed by atoms with Crippen molar-refractivity contribution in [3.63, 3.8) is 0 Å². The van der Waals surface area contributed by atoms with Gasteiger partial charge in [0.25, 0.3) is 0 Å². The van der Waals surface area contributed by atoms with E-state index in [1.807, 2.05) is 0 Å². The highest BCUT2D eigenvalue weighted by atomic mass is 16.6. The first-order chi connectivity index (χ1) is 11.8. The number of hydrogen-bond acceptors (Lipinski definition) is 3. The lowest BCUT2D eigenvalue weighted by Gasteiger charge is -2.73. The van der Waals surface area contributed by atoms with E-state index >= 15 is 0 Å². The molecule has 8 bridgehead atoms. The van der Waals surface area contributed by atoms with Crippen molar-refractivity contribution in [1.29, 1.82) is 0 Å². The minimum atomic E-state index is -0.346. The fourth-order valence-electron chi connectivity index (χ4n) is 8.27. The summed E-state index contributed by atoms with van der Waals surface area (Å²) in [5.74, 6) is 4.78. The standard InChI is InChI=1S/C22H34O3/c1-4-5-13(12(2)3)20(23)25-22-9-17-14-6-21(24)7-15(17)19(11-22)16(8-21)18(14)10-22/h12-19,24H,4-11H2,1-3H3. The van der Waals surface area contributed by atoms with Gasteiger partial charge in [-0.3, -0.25) is 4.79 Å². The molecule has 1 atom stereocenters. The minimum Gasteiger partial charge on any atom is -0.459 e. The highest BCUT2D eigenvalue weighted by Gasteiger charge is 2.71. The first-order valence-electron chi connectivity index (χ1n) is 10.8. The van der Waals surface area contributed by atoms with Gasteiger partial charge >= 0.3 is 5.97 Å². The molecular weight excluding hydrogens is 312 g/mol. The largest absolute Gasteiger partial charge is 0.459 e. The molecule has 0 saturated heterocycles. The lowest BCUT2D eigenvalue weighted by molar-refractivity contribution is -0.294. The Morgan fingerprint density at radius 2 is 1.40 bits per heavy atom. The van der Waals surface area contributed by atoms with E-state index in [1.165, 1.54) is 0 Å². The molecule has 0 heterocycles. The van der Waals surface area contributed by atoms with E-state index < -0.39 is 0 Å². The number of carbonyl (C=O) groups excluding carboxylic acids is 1. The molecule has 7 aliphatic carbocycles. The fourth-order valence-corrected chi connectivity index (χ4v) is 8.27. The molecule has 0 aromatic carbocycles. The third-order valence-corrected chi connectivity index (χ3v) is 8.99. The van der Waals surface area contributed by atoms with E-state index in [1.54, 1.807) is 0 Å². The van der Waals surface area contributed by atoms with Crippen molar-refractivity contribution in [2.45, 2.75) is 83.3 Å². The monoisotopic (exact) mass is 346 g/mol. The summed E-state index contributed by atoms with van der Waals surface area (Å²) >= 11 is 0. The Balaban J connectivity index is 1.38. The Labute approximate surface area is 151 Å². The van der Waals surface area contributed by atoms with Crippen LogP contribution in [0.15, 0.2) is 0 Å². The second kappa shape index (κ2) is 5.24. The predicted octanol–water partition coefficient (Wildman–Crippen LogP) is 4.18. The first kappa shape index (κ1) is 16.6. The predicted molar refractivity (Wildman–Crippen MR) is 95.7 cm³/mol. The van der Waals surface area contributed by atoms with Gasteiger partial charge in [0.15, 0.2) is 0 Å². The minimum absolute atomic E-state index is 0.0614. The Bertz CT molecular complexity index is 517. The van der Waals surface area contributed by atoms with Gasteiger partial charge in [0.1, 0.15) is 5.60 Å². The average Bonchev–Trinajstić information content (AvgIpc) is 2.55. The lowest BCUT2D eigenvalue weighted by Crippen LogP contribution is -2.71. The summed E-state index contributed by atoms with van der Waals surface area (Å²) in [5, 5.41) is 10.9. The molecule has 0 spiro atoms. The van der Waals surface area contributed by atoms with Gasteiger partial charge in [-0.05, 0) is 86.4 Å². The Morgan fingerprint density at radius 3 is 1.80 bits per heavy atom. The highest BCUT2D eigenvalue weighted by Crippen LogP contribution is 2.73. The van der Waals surface area contributed by atoms with Gasteiger partial charge < -0.3 is 9.84 Å². The molecule has 0 aromatic rings. The quantitative estimate of drug-likeness (QED) is 0.760. The summed E-state index contributed by atoms with van der Waals surface area (Å²) in [4.78, 5) is 13.0. The van der Waals surface area contributed by atoms with Crippen LogP contribution in [0.1, 0.15) is 72.1 Å². The van der Waals surface area contributed by atoms with Crippen molar-refractivity contribution in [3.05, 3.63) is 0 Å². The molecule has 7 aliphatic rings. The number of rotatable bonds is 5. The number of ether oxygens (including phenoxy) is 1. The summed E-state index contributed by atoms with van der Waals surface area (Å²) < 4.78 is 6.38. The smallest absolute Gasteiger partial charge is 0.309 e. The van der Waals surface area contributed by atoms with E-state index in [4.69, 9.17) is 4.74 Å². The van der Waals surface area contributed by atoms with E-state index in [0.29, 0.717) is 41.4 Å². The van der Waals surface area contributed by atoms with Crippen LogP contribution < -0.4 is 0 Å². The number of aliphatic hydroxyl groups is 1. The molecule has 7 saturated carbocycles. The molecule has 3 nitrogen and oxygen atoms in total. The van der Waals surface area contributed by atoms with Crippen LogP contribution in [0.4, 0.5) is 0 Å². The molecule has 0 aromatic heterocycles. The van der Waals surface area contributed by atoms with Gasteiger partial charge in [0.2, 0.25) is 0 Å². The fraction of sp³-hybridized carbons (Fsp3) is 0.955. The molecule has 7 rings (SSSR count). The number of carbonyl (C=O) groups is 1. The van der Waals surface area contributed by atoms with E-state index in [-0.39, 0.29) is 23.1 Å². The van der Waals surface area contributed by atoms with Crippen LogP contribution in [0, 0.1) is 47.3 Å². The van der Waals surface area contributed by atoms with Gasteiger partial charge in [0, 0.05) is 0 Å². The van der Waals surface area contributed by atoms with Crippen LogP contribution in [-0.2, 0) is 9.53 Å². The van der Waals surface area contributed by atoms with Crippen molar-refractivity contribution < 1.29 is 14.6 Å². The maximum Gasteiger partial charge on any atom is 0.309 e. The number of hydrogen-bond donors (Lipinski definition) is 1. The van der Waals surface area contributed by atoms with Crippen molar-refractivity contribution in [1.82, 2.24) is 0 Å². The molecule has 7 fully saturated rings. The van der Waals surface area contributed by atoms with Crippen LogP contribution >= 0.6 is 0 Å². The normalized spacial score (nSPS) is 52.8. The van der Waals surface area contributed by atoms with Crippen LogP contribution in [0.2, 0.25) is 0 Å². The summed E-state index contributed by atoms with van der Waals surface area (Å²) in [6.45, 7) is 6.47. The molecule has 1 N–H and O–H groups in total. The van der Waals surface area contributed by atoms with Gasteiger partial charge in [-0.25, -0.2) is 0 Å². The van der Waals surface area contributed by atoms with Crippen molar-refractivity contribution in [2.75, 3.05) is 0 Å². The molecule has 25 heavy (non-hydrogen) atoms. The Morgan fingerprint density at radius 1 is 0.960 bits per heavy atom. The van der Waals surface area contributed by atoms with Crippen molar-refractivity contribution in [3.8, 4) is 0 Å². The molecule has 1 unspecified atom stereocenters. The van der Waals surface area contributed by atoms with Crippen LogP contribution in [0.3, 0.4) is 0 Å². The second-order valence-corrected chi connectivity index (χ2v) is 10.7. The van der Waals surface area contributed by atoms with Gasteiger partial charge in [0.05, 0.1) is 11.5 Å². The third kappa shape index (κ3) is 2.23. The van der Waals surface area contributed by atoms with Crippen molar-refractivity contribution in [2.24, 2.45) is 47.3 Å². The third-order valence-electron chi connectivity index (χ3n) is 8.99. The highest BCUT2D eigenvalue weighted by molar-refractivity contribution is 5.73. The van der Waals surface area contributed by atoms with Crippen LogP contribution in [0.25, 0.3) is 0 Å². The molecule has 0 amide bonds. The molecule has 140 valence electrons. The molecular formula is C22H34O3. The van der Waals surface area contributed by atoms with Crippen LogP contribution in [-0.4, -0.2) is 22.3 Å². The first-order valence-corrected chi connectivity index (χ1v) is 10.8. The summed E-state index contributed by atoms with van der Waals surface area (Å²) in [7, 11) is 0. The van der Waals surface area contributed by atoms with Crippen molar-refractivity contribution >= 4 is 5.97 Å². The summed E-state index contributed by atoms with van der Waals surface area (Å²) in [5.41, 5.74) is -0.504. The summed E-state index contributed by atoms with van der Waals surface area (Å²) in [6.07, 6.45) is 8.32. The van der Waals surface area contributed by atoms with Gasteiger partial charge in [-0.15, -0.1) is 0 Å². The number of esters is 1. The molecule has 0 aliphatic heterocycles. The second-order valence-electron chi connectivity index (χ2n) is 10.7. The topological polar surface area (TPSA) is 46.5 Å². The molecule has 0 radical (unpaired) electrons. The lowest BCUT2D eigenvalue weighted by atomic mass is 9.34. The average molecular weight is 347 g/mol. The zero-order valence-electron chi connectivity index (χ0n) is 16.0. The maximum atomic E-state index is 13.0. The van der Waals surface area contributed by atoms with E-state index in [0.717, 1.165) is 51.4 Å². The Kier molecular flexibility index (Phi) is 3.48. The van der Waals surface area contributed by atoms with E-state index in [9.17, 15) is 9.90 Å². The van der Waals surface area contributed by atoms with E-state index in [2.05, 4.69) is 20.8 Å². The zero-order valence-corrected chi connectivity index (χ0v) is 16.0. The van der Waals surface area contributed by atoms with Gasteiger partial charge in [-0.2, -0.15) is 0 Å².